The molecule has 5 nitrogen and oxygen atoms in total. The first-order valence-corrected chi connectivity index (χ1v) is 7.67. The molecule has 1 atom stereocenters. The van der Waals surface area contributed by atoms with Crippen LogP contribution in [0.25, 0.3) is 0 Å². The van der Waals surface area contributed by atoms with Crippen LogP contribution < -0.4 is 11.1 Å². The van der Waals surface area contributed by atoms with Crippen molar-refractivity contribution in [2.24, 2.45) is 5.73 Å². The van der Waals surface area contributed by atoms with E-state index in [0.29, 0.717) is 29.4 Å². The van der Waals surface area contributed by atoms with Gasteiger partial charge in [0.2, 0.25) is 0 Å². The van der Waals surface area contributed by atoms with Gasteiger partial charge in [-0.3, -0.25) is 15.1 Å². The standard InChI is InChI=1S/C15H17Cl2FN4O/c1-22-6-9(5-18)21-12(7-22)13(15(20)23)14(19)8-2-3-10(16)11(17)4-8/h2-4,9,19,21H,5-7H2,1H3,(H2,20,23)/b13-12+,19-14?. The maximum absolute atomic E-state index is 13.0. The summed E-state index contributed by atoms with van der Waals surface area (Å²) in [5.41, 5.74) is 6.25. The maximum atomic E-state index is 13.0. The number of nitrogens with zero attached hydrogens (tertiary/aromatic N) is 1. The van der Waals surface area contributed by atoms with Gasteiger partial charge < -0.3 is 11.1 Å². The minimum atomic E-state index is -0.753. The van der Waals surface area contributed by atoms with E-state index >= 15 is 0 Å². The summed E-state index contributed by atoms with van der Waals surface area (Å²) in [6.07, 6.45) is 0. The molecule has 1 amide bonds. The van der Waals surface area contributed by atoms with Gasteiger partial charge in [0.05, 0.1) is 27.4 Å². The number of carbonyl (C=O) groups is 1. The number of amides is 1. The molecule has 1 unspecified atom stereocenters. The molecule has 1 aliphatic heterocycles. The van der Waals surface area contributed by atoms with Crippen LogP contribution in [0.4, 0.5) is 4.39 Å². The van der Waals surface area contributed by atoms with Gasteiger partial charge in [-0.05, 0) is 19.2 Å². The van der Waals surface area contributed by atoms with E-state index in [1.807, 2.05) is 11.9 Å². The smallest absolute Gasteiger partial charge is 0.252 e. The predicted molar refractivity (Wildman–Crippen MR) is 89.9 cm³/mol. The lowest BCUT2D eigenvalue weighted by molar-refractivity contribution is -0.114. The average molecular weight is 359 g/mol. The number of rotatable bonds is 4. The fraction of sp³-hybridized carbons (Fsp3) is 0.333. The molecule has 0 bridgehead atoms. The number of carbonyl (C=O) groups excluding carboxylic acids is 1. The Balaban J connectivity index is 2.44. The molecule has 1 fully saturated rings. The molecule has 1 heterocycles. The minimum Gasteiger partial charge on any atom is -0.380 e. The van der Waals surface area contributed by atoms with Crippen LogP contribution in [0.3, 0.4) is 0 Å². The summed E-state index contributed by atoms with van der Waals surface area (Å²) in [7, 11) is 1.81. The Labute approximate surface area is 143 Å². The number of nitrogens with two attached hydrogens (primary N) is 1. The summed E-state index contributed by atoms with van der Waals surface area (Å²) in [5.74, 6) is -0.753. The number of benzene rings is 1. The van der Waals surface area contributed by atoms with Crippen molar-refractivity contribution in [3.05, 3.63) is 45.1 Å². The lowest BCUT2D eigenvalue weighted by Gasteiger charge is -2.33. The second-order valence-electron chi connectivity index (χ2n) is 5.41. The molecule has 124 valence electrons. The Morgan fingerprint density at radius 1 is 1.48 bits per heavy atom. The number of nitrogens with one attached hydrogen (secondary N) is 2. The molecule has 0 radical (unpaired) electrons. The van der Waals surface area contributed by atoms with Gasteiger partial charge >= 0.3 is 0 Å². The van der Waals surface area contributed by atoms with Crippen LogP contribution in [-0.2, 0) is 4.79 Å². The molecule has 1 aromatic rings. The molecule has 0 saturated carbocycles. The van der Waals surface area contributed by atoms with Crippen molar-refractivity contribution in [3.63, 3.8) is 0 Å². The second-order valence-corrected chi connectivity index (χ2v) is 6.23. The van der Waals surface area contributed by atoms with Gasteiger partial charge in [0.15, 0.2) is 0 Å². The highest BCUT2D eigenvalue weighted by atomic mass is 35.5. The normalized spacial score (nSPS) is 20.8. The van der Waals surface area contributed by atoms with Gasteiger partial charge in [-0.25, -0.2) is 4.39 Å². The van der Waals surface area contributed by atoms with Gasteiger partial charge in [-0.15, -0.1) is 0 Å². The Kier molecular flexibility index (Phi) is 5.62. The van der Waals surface area contributed by atoms with Gasteiger partial charge in [0, 0.05) is 24.4 Å². The van der Waals surface area contributed by atoms with Gasteiger partial charge in [-0.2, -0.15) is 0 Å². The molecule has 4 N–H and O–H groups in total. The first-order chi connectivity index (χ1) is 10.8. The number of primary amides is 1. The van der Waals surface area contributed by atoms with Crippen molar-refractivity contribution in [3.8, 4) is 0 Å². The van der Waals surface area contributed by atoms with E-state index in [2.05, 4.69) is 5.32 Å². The van der Waals surface area contributed by atoms with E-state index in [0.717, 1.165) is 0 Å². The SMILES string of the molecule is CN1C/C(=C(/C(=N)c2ccc(Cl)c(Cl)c2)C(N)=O)NC(CF)C1. The highest BCUT2D eigenvalue weighted by Gasteiger charge is 2.26. The molecule has 1 aliphatic rings. The van der Waals surface area contributed by atoms with Crippen LogP contribution in [-0.4, -0.2) is 49.4 Å². The third kappa shape index (κ3) is 4.02. The molecule has 1 saturated heterocycles. The quantitative estimate of drug-likeness (QED) is 0.568. The number of halogens is 3. The zero-order valence-corrected chi connectivity index (χ0v) is 14.0. The molecule has 8 heteroatoms. The lowest BCUT2D eigenvalue weighted by atomic mass is 9.98. The summed E-state index contributed by atoms with van der Waals surface area (Å²) in [6, 6.07) is 4.18. The number of likely N-dealkylation sites (N-methyl/N-ethyl adjacent to an activating group) is 1. The summed E-state index contributed by atoms with van der Waals surface area (Å²) in [4.78, 5) is 13.7. The third-order valence-corrected chi connectivity index (χ3v) is 4.27. The molecular formula is C15H17Cl2FN4O. The molecule has 1 aromatic carbocycles. The number of piperazine rings is 1. The number of hydrogen-bond donors (Lipinski definition) is 3. The lowest BCUT2D eigenvalue weighted by Crippen LogP contribution is -2.50. The molecule has 23 heavy (non-hydrogen) atoms. The molecule has 0 spiro atoms. The summed E-state index contributed by atoms with van der Waals surface area (Å²) in [5, 5.41) is 11.9. The van der Waals surface area contributed by atoms with E-state index in [-0.39, 0.29) is 16.3 Å². The van der Waals surface area contributed by atoms with Gasteiger partial charge in [0.25, 0.3) is 5.91 Å². The first-order valence-electron chi connectivity index (χ1n) is 6.91. The van der Waals surface area contributed by atoms with Crippen molar-refractivity contribution in [1.29, 1.82) is 5.41 Å². The van der Waals surface area contributed by atoms with Crippen LogP contribution in [0.1, 0.15) is 5.56 Å². The number of alkyl halides is 1. The van der Waals surface area contributed by atoms with E-state index in [4.69, 9.17) is 34.3 Å². The largest absolute Gasteiger partial charge is 0.380 e. The Morgan fingerprint density at radius 3 is 2.74 bits per heavy atom. The zero-order valence-electron chi connectivity index (χ0n) is 12.5. The average Bonchev–Trinajstić information content (AvgIpc) is 2.49. The maximum Gasteiger partial charge on any atom is 0.252 e. The zero-order chi connectivity index (χ0) is 17.1. The van der Waals surface area contributed by atoms with E-state index < -0.39 is 18.6 Å². The first kappa shape index (κ1) is 17.7. The van der Waals surface area contributed by atoms with Crippen molar-refractivity contribution in [2.45, 2.75) is 6.04 Å². The van der Waals surface area contributed by atoms with Crippen LogP contribution in [0, 0.1) is 5.41 Å². The fourth-order valence-corrected chi connectivity index (χ4v) is 2.80. The van der Waals surface area contributed by atoms with Crippen molar-refractivity contribution < 1.29 is 9.18 Å². The van der Waals surface area contributed by atoms with E-state index in [1.54, 1.807) is 12.1 Å². The van der Waals surface area contributed by atoms with Gasteiger partial charge in [0.1, 0.15) is 6.67 Å². The Hall–Kier alpha value is -1.63. The van der Waals surface area contributed by atoms with Crippen LogP contribution >= 0.6 is 23.2 Å². The van der Waals surface area contributed by atoms with Crippen LogP contribution in [0.5, 0.6) is 0 Å². The van der Waals surface area contributed by atoms with Crippen molar-refractivity contribution in [2.75, 3.05) is 26.8 Å². The highest BCUT2D eigenvalue weighted by Crippen LogP contribution is 2.24. The monoisotopic (exact) mass is 358 g/mol. The van der Waals surface area contributed by atoms with E-state index in [1.165, 1.54) is 6.07 Å². The molecule has 0 aromatic heterocycles. The third-order valence-electron chi connectivity index (χ3n) is 3.53. The van der Waals surface area contributed by atoms with Crippen molar-refractivity contribution in [1.82, 2.24) is 10.2 Å². The highest BCUT2D eigenvalue weighted by molar-refractivity contribution is 6.42. The predicted octanol–water partition coefficient (Wildman–Crippen LogP) is 1.97. The van der Waals surface area contributed by atoms with Crippen LogP contribution in [0.15, 0.2) is 29.5 Å². The molecule has 0 aliphatic carbocycles. The molecular weight excluding hydrogens is 342 g/mol. The van der Waals surface area contributed by atoms with Crippen molar-refractivity contribution >= 4 is 34.8 Å². The second kappa shape index (κ2) is 7.29. The van der Waals surface area contributed by atoms with Gasteiger partial charge in [-0.1, -0.05) is 29.3 Å². The fourth-order valence-electron chi connectivity index (χ4n) is 2.51. The molecule has 2 rings (SSSR count). The topological polar surface area (TPSA) is 82.2 Å². The van der Waals surface area contributed by atoms with E-state index in [9.17, 15) is 9.18 Å². The summed E-state index contributed by atoms with van der Waals surface area (Å²) < 4.78 is 13.0. The summed E-state index contributed by atoms with van der Waals surface area (Å²) >= 11 is 11.8. The number of hydrogen-bond acceptors (Lipinski definition) is 4. The minimum absolute atomic E-state index is 0.0217. The Bertz CT molecular complexity index is 677. The van der Waals surface area contributed by atoms with Crippen LogP contribution in [0.2, 0.25) is 10.0 Å². The summed E-state index contributed by atoms with van der Waals surface area (Å²) in [6.45, 7) is 0.296. The Morgan fingerprint density at radius 2 is 2.17 bits per heavy atom.